The maximum absolute atomic E-state index is 12.0. The molecule has 3 rings (SSSR count). The Labute approximate surface area is 151 Å². The highest BCUT2D eigenvalue weighted by molar-refractivity contribution is 5.88. The van der Waals surface area contributed by atoms with Crippen LogP contribution in [-0.2, 0) is 19.0 Å². The van der Waals surface area contributed by atoms with Gasteiger partial charge in [-0.3, -0.25) is 0 Å². The molecule has 0 bridgehead atoms. The van der Waals surface area contributed by atoms with Crippen LogP contribution in [0.2, 0.25) is 0 Å². The summed E-state index contributed by atoms with van der Waals surface area (Å²) in [5.41, 5.74) is 1.92. The maximum Gasteiger partial charge on any atom is 0.333 e. The summed E-state index contributed by atoms with van der Waals surface area (Å²) in [4.78, 5) is 12.0. The van der Waals surface area contributed by atoms with Gasteiger partial charge in [0.1, 0.15) is 0 Å². The van der Waals surface area contributed by atoms with Gasteiger partial charge in [-0.25, -0.2) is 4.79 Å². The first-order valence-electron chi connectivity index (χ1n) is 9.56. The van der Waals surface area contributed by atoms with Crippen LogP contribution in [0.1, 0.15) is 65.7 Å². The number of hydrogen-bond donors (Lipinski definition) is 0. The molecule has 140 valence electrons. The van der Waals surface area contributed by atoms with Gasteiger partial charge in [-0.1, -0.05) is 18.2 Å². The molecule has 25 heavy (non-hydrogen) atoms. The number of methoxy groups -OCH3 is 1. The molecule has 2 heterocycles. The molecule has 0 aromatic carbocycles. The Hall–Kier alpha value is -1.13. The summed E-state index contributed by atoms with van der Waals surface area (Å²) < 4.78 is 16.9. The van der Waals surface area contributed by atoms with Crippen molar-refractivity contribution in [2.75, 3.05) is 7.11 Å². The zero-order chi connectivity index (χ0) is 18.2. The van der Waals surface area contributed by atoms with Gasteiger partial charge in [0, 0.05) is 5.57 Å². The van der Waals surface area contributed by atoms with Crippen molar-refractivity contribution in [1.29, 1.82) is 0 Å². The molecule has 2 fully saturated rings. The van der Waals surface area contributed by atoms with Crippen molar-refractivity contribution < 1.29 is 19.0 Å². The van der Waals surface area contributed by atoms with Crippen molar-refractivity contribution in [2.24, 2.45) is 5.92 Å². The second-order valence-electron chi connectivity index (χ2n) is 8.45. The van der Waals surface area contributed by atoms with Crippen molar-refractivity contribution >= 4 is 5.97 Å². The third-order valence-corrected chi connectivity index (χ3v) is 6.43. The number of carbonyl (C=O) groups excluding carboxylic acids is 1. The monoisotopic (exact) mass is 348 g/mol. The highest BCUT2D eigenvalue weighted by atomic mass is 16.6. The summed E-state index contributed by atoms with van der Waals surface area (Å²) in [6, 6.07) is 0. The van der Waals surface area contributed by atoms with Gasteiger partial charge in [0.25, 0.3) is 0 Å². The second kappa shape index (κ2) is 6.88. The zero-order valence-corrected chi connectivity index (χ0v) is 16.1. The molecule has 2 saturated heterocycles. The average molecular weight is 348 g/mol. The van der Waals surface area contributed by atoms with Crippen LogP contribution in [-0.4, -0.2) is 36.5 Å². The number of hydrogen-bond acceptors (Lipinski definition) is 4. The van der Waals surface area contributed by atoms with E-state index < -0.39 is 0 Å². The van der Waals surface area contributed by atoms with E-state index in [0.717, 1.165) is 44.9 Å². The van der Waals surface area contributed by atoms with Gasteiger partial charge in [0.2, 0.25) is 0 Å². The van der Waals surface area contributed by atoms with E-state index in [0.29, 0.717) is 11.7 Å². The maximum atomic E-state index is 12.0. The van der Waals surface area contributed by atoms with Gasteiger partial charge >= 0.3 is 5.97 Å². The molecular formula is C21H32O4. The Bertz CT molecular complexity index is 580. The fraction of sp³-hybridized carbons (Fsp3) is 0.762. The van der Waals surface area contributed by atoms with Crippen molar-refractivity contribution in [3.8, 4) is 0 Å². The standard InChI is InChI=1S/C21H32O4/c1-14-7-6-11-20(3)18(25-20)13-16(15(2)19(22)23-5)10-12-21(4)17(24-21)9-8-14/h7,16-18H,2,6,8-13H2,1,3-5H3/b14-7+/t16-,17-,18?,20+,21-/m1/s1. The summed E-state index contributed by atoms with van der Waals surface area (Å²) in [5, 5.41) is 0. The third-order valence-electron chi connectivity index (χ3n) is 6.43. The number of esters is 1. The van der Waals surface area contributed by atoms with E-state index in [9.17, 15) is 4.79 Å². The minimum Gasteiger partial charge on any atom is -0.466 e. The van der Waals surface area contributed by atoms with Gasteiger partial charge in [0.05, 0.1) is 30.5 Å². The molecule has 0 radical (unpaired) electrons. The average Bonchev–Trinajstić information content (AvgIpc) is 3.43. The Morgan fingerprint density at radius 3 is 2.60 bits per heavy atom. The van der Waals surface area contributed by atoms with E-state index >= 15 is 0 Å². The quantitative estimate of drug-likeness (QED) is 0.322. The molecular weight excluding hydrogens is 316 g/mol. The molecule has 0 amide bonds. The molecule has 5 atom stereocenters. The van der Waals surface area contributed by atoms with Crippen molar-refractivity contribution in [2.45, 2.75) is 89.1 Å². The van der Waals surface area contributed by atoms with Crippen LogP contribution in [0.15, 0.2) is 23.8 Å². The first-order valence-corrected chi connectivity index (χ1v) is 9.56. The Balaban J connectivity index is 1.72. The van der Waals surface area contributed by atoms with Crippen LogP contribution in [0.25, 0.3) is 0 Å². The number of ether oxygens (including phenoxy) is 3. The highest BCUT2D eigenvalue weighted by Gasteiger charge is 2.54. The van der Waals surface area contributed by atoms with E-state index in [1.807, 2.05) is 0 Å². The Morgan fingerprint density at radius 1 is 1.20 bits per heavy atom. The summed E-state index contributed by atoms with van der Waals surface area (Å²) in [7, 11) is 1.42. The lowest BCUT2D eigenvalue weighted by Crippen LogP contribution is -2.21. The molecule has 3 aliphatic rings. The van der Waals surface area contributed by atoms with Crippen LogP contribution in [0.4, 0.5) is 0 Å². The normalized spacial score (nSPS) is 43.5. The molecule has 0 aromatic heterocycles. The molecule has 0 aromatic rings. The zero-order valence-electron chi connectivity index (χ0n) is 16.1. The molecule has 0 spiro atoms. The molecule has 4 nitrogen and oxygen atoms in total. The van der Waals surface area contributed by atoms with Gasteiger partial charge in [-0.05, 0) is 71.6 Å². The van der Waals surface area contributed by atoms with E-state index in [1.165, 1.54) is 12.7 Å². The summed E-state index contributed by atoms with van der Waals surface area (Å²) in [6.45, 7) is 10.6. The number of rotatable bonds is 2. The predicted molar refractivity (Wildman–Crippen MR) is 97.3 cm³/mol. The minimum atomic E-state index is -0.301. The fourth-order valence-electron chi connectivity index (χ4n) is 4.20. The van der Waals surface area contributed by atoms with E-state index in [-0.39, 0.29) is 29.2 Å². The first kappa shape index (κ1) is 18.7. The lowest BCUT2D eigenvalue weighted by Gasteiger charge is -2.19. The summed E-state index contributed by atoms with van der Waals surface area (Å²) in [5.74, 6) is -0.202. The largest absolute Gasteiger partial charge is 0.466 e. The number of carbonyl (C=O) groups is 1. The molecule has 1 aliphatic carbocycles. The topological polar surface area (TPSA) is 51.4 Å². The van der Waals surface area contributed by atoms with Crippen LogP contribution in [0.5, 0.6) is 0 Å². The van der Waals surface area contributed by atoms with Gasteiger partial charge in [-0.15, -0.1) is 0 Å². The highest BCUT2D eigenvalue weighted by Crippen LogP contribution is 2.48. The van der Waals surface area contributed by atoms with E-state index in [4.69, 9.17) is 14.2 Å². The number of fused-ring (bicyclic) bond motifs is 2. The summed E-state index contributed by atoms with van der Waals surface area (Å²) in [6.07, 6.45) is 9.84. The molecule has 1 unspecified atom stereocenters. The Kier molecular flexibility index (Phi) is 5.13. The first-order chi connectivity index (χ1) is 11.8. The van der Waals surface area contributed by atoms with Crippen LogP contribution in [0.3, 0.4) is 0 Å². The molecule has 0 N–H and O–H groups in total. The van der Waals surface area contributed by atoms with Crippen molar-refractivity contribution in [3.05, 3.63) is 23.8 Å². The lowest BCUT2D eigenvalue weighted by molar-refractivity contribution is -0.136. The fourth-order valence-corrected chi connectivity index (χ4v) is 4.20. The van der Waals surface area contributed by atoms with Crippen LogP contribution < -0.4 is 0 Å². The van der Waals surface area contributed by atoms with Crippen molar-refractivity contribution in [3.63, 3.8) is 0 Å². The van der Waals surface area contributed by atoms with Crippen molar-refractivity contribution in [1.82, 2.24) is 0 Å². The van der Waals surface area contributed by atoms with E-state index in [1.54, 1.807) is 0 Å². The smallest absolute Gasteiger partial charge is 0.333 e. The number of allylic oxidation sites excluding steroid dienone is 2. The molecule has 0 saturated carbocycles. The second-order valence-corrected chi connectivity index (χ2v) is 8.45. The van der Waals surface area contributed by atoms with Gasteiger partial charge in [0.15, 0.2) is 0 Å². The molecule has 4 heteroatoms. The molecule has 2 aliphatic heterocycles. The number of epoxide rings is 2. The third kappa shape index (κ3) is 4.17. The van der Waals surface area contributed by atoms with Gasteiger partial charge < -0.3 is 14.2 Å². The van der Waals surface area contributed by atoms with Crippen LogP contribution >= 0.6 is 0 Å². The van der Waals surface area contributed by atoms with E-state index in [2.05, 4.69) is 33.4 Å². The Morgan fingerprint density at radius 2 is 1.88 bits per heavy atom. The van der Waals surface area contributed by atoms with Gasteiger partial charge in [-0.2, -0.15) is 0 Å². The SMILES string of the molecule is C=C(C(=O)OC)[C@@H]1CC[C@@]2(C)O[C@@H]2CC/C(C)=C/CC[C@]2(C)OC2C1. The minimum absolute atomic E-state index is 0.0489. The predicted octanol–water partition coefficient (Wildman–Crippen LogP) is 4.34. The van der Waals surface area contributed by atoms with Crippen LogP contribution in [0, 0.1) is 5.92 Å². The summed E-state index contributed by atoms with van der Waals surface area (Å²) >= 11 is 0. The lowest BCUT2D eigenvalue weighted by atomic mass is 9.83.